The van der Waals surface area contributed by atoms with Gasteiger partial charge in [0, 0.05) is 32.2 Å². The molecule has 1 heterocycles. The van der Waals surface area contributed by atoms with Crippen LogP contribution in [0.3, 0.4) is 0 Å². The maximum atomic E-state index is 13.8. The first kappa shape index (κ1) is 13.7. The molecule has 1 aromatic rings. The molecule has 4 nitrogen and oxygen atoms in total. The second kappa shape index (κ2) is 5.52. The monoisotopic (exact) mass is 269 g/mol. The number of nitrogens with two attached hydrogens (primary N) is 1. The predicted molar refractivity (Wildman–Crippen MR) is 68.9 cm³/mol. The molecule has 1 aliphatic heterocycles. The Morgan fingerprint density at radius 3 is 2.42 bits per heavy atom. The summed E-state index contributed by atoms with van der Waals surface area (Å²) in [6, 6.07) is 2.23. The Balaban J connectivity index is 2.08. The van der Waals surface area contributed by atoms with Gasteiger partial charge in [-0.2, -0.15) is 0 Å². The molecule has 2 N–H and O–H groups in total. The fourth-order valence-electron chi connectivity index (χ4n) is 2.45. The van der Waals surface area contributed by atoms with Crippen LogP contribution in [0.15, 0.2) is 12.1 Å². The molecule has 0 atom stereocenters. The molecule has 6 heteroatoms. The summed E-state index contributed by atoms with van der Waals surface area (Å²) in [5, 5.41) is 0. The van der Waals surface area contributed by atoms with Crippen molar-refractivity contribution in [2.75, 3.05) is 37.6 Å². The molecule has 1 fully saturated rings. The molecule has 0 radical (unpaired) electrons. The number of amides is 1. The molecule has 1 aromatic carbocycles. The number of halogens is 2. The highest BCUT2D eigenvalue weighted by atomic mass is 19.1. The highest BCUT2D eigenvalue weighted by Gasteiger charge is 2.22. The maximum absolute atomic E-state index is 13.8. The third kappa shape index (κ3) is 3.20. The van der Waals surface area contributed by atoms with Crippen molar-refractivity contribution in [1.29, 1.82) is 0 Å². The lowest BCUT2D eigenvalue weighted by Crippen LogP contribution is -2.49. The number of nitrogens with zero attached hydrogens (tertiary/aromatic N) is 2. The molecule has 1 amide bonds. The maximum Gasteiger partial charge on any atom is 0.231 e. The van der Waals surface area contributed by atoms with Gasteiger partial charge >= 0.3 is 0 Å². The predicted octanol–water partition coefficient (Wildman–Crippen LogP) is 0.881. The second-order valence-corrected chi connectivity index (χ2v) is 4.78. The number of aryl methyl sites for hydroxylation is 1. The summed E-state index contributed by atoms with van der Waals surface area (Å²) in [5.74, 6) is -1.47. The van der Waals surface area contributed by atoms with Crippen LogP contribution in [0.5, 0.6) is 0 Å². The minimum atomic E-state index is -0.564. The minimum absolute atomic E-state index is 0.221. The average molecular weight is 269 g/mol. The number of hydrogen-bond acceptors (Lipinski definition) is 3. The van der Waals surface area contributed by atoms with Gasteiger partial charge in [-0.05, 0) is 18.6 Å². The SMILES string of the molecule is Cc1cc(F)cc(F)c1N1CCN(CC(N)=O)CC1. The molecule has 1 saturated heterocycles. The Labute approximate surface area is 110 Å². The van der Waals surface area contributed by atoms with Crippen LogP contribution in [0.1, 0.15) is 5.56 Å². The van der Waals surface area contributed by atoms with E-state index in [1.54, 1.807) is 6.92 Å². The van der Waals surface area contributed by atoms with Crippen molar-refractivity contribution in [3.05, 3.63) is 29.3 Å². The van der Waals surface area contributed by atoms with Gasteiger partial charge in [-0.3, -0.25) is 9.69 Å². The normalized spacial score (nSPS) is 16.7. The topological polar surface area (TPSA) is 49.6 Å². The number of piperazine rings is 1. The molecular formula is C13H17F2N3O. The van der Waals surface area contributed by atoms with E-state index in [0.29, 0.717) is 37.4 Å². The van der Waals surface area contributed by atoms with Crippen molar-refractivity contribution in [2.24, 2.45) is 5.73 Å². The van der Waals surface area contributed by atoms with Gasteiger partial charge in [0.15, 0.2) is 0 Å². The number of hydrogen-bond donors (Lipinski definition) is 1. The lowest BCUT2D eigenvalue weighted by atomic mass is 10.1. The molecule has 104 valence electrons. The quantitative estimate of drug-likeness (QED) is 0.886. The van der Waals surface area contributed by atoms with Crippen molar-refractivity contribution in [3.63, 3.8) is 0 Å². The standard InChI is InChI=1S/C13H17F2N3O/c1-9-6-10(14)7-11(15)13(9)18-4-2-17(3-5-18)8-12(16)19/h6-7H,2-5,8H2,1H3,(H2,16,19). The third-order valence-corrected chi connectivity index (χ3v) is 3.29. The Kier molecular flexibility index (Phi) is 3.99. The van der Waals surface area contributed by atoms with Crippen LogP contribution in [0.2, 0.25) is 0 Å². The number of carbonyl (C=O) groups excluding carboxylic acids is 1. The van der Waals surface area contributed by atoms with Gasteiger partial charge in [-0.15, -0.1) is 0 Å². The van der Waals surface area contributed by atoms with Crippen molar-refractivity contribution in [3.8, 4) is 0 Å². The van der Waals surface area contributed by atoms with Crippen molar-refractivity contribution in [2.45, 2.75) is 6.92 Å². The van der Waals surface area contributed by atoms with Crippen LogP contribution < -0.4 is 10.6 Å². The van der Waals surface area contributed by atoms with E-state index in [1.165, 1.54) is 6.07 Å². The van der Waals surface area contributed by atoms with Crippen molar-refractivity contribution in [1.82, 2.24) is 4.90 Å². The Morgan fingerprint density at radius 1 is 1.26 bits per heavy atom. The summed E-state index contributed by atoms with van der Waals surface area (Å²) in [4.78, 5) is 14.6. The zero-order valence-corrected chi connectivity index (χ0v) is 10.8. The molecule has 19 heavy (non-hydrogen) atoms. The molecule has 1 aliphatic rings. The van der Waals surface area contributed by atoms with E-state index in [9.17, 15) is 13.6 Å². The number of benzene rings is 1. The lowest BCUT2D eigenvalue weighted by molar-refractivity contribution is -0.119. The van der Waals surface area contributed by atoms with Gasteiger partial charge in [0.05, 0.1) is 12.2 Å². The van der Waals surface area contributed by atoms with Crippen LogP contribution in [0.4, 0.5) is 14.5 Å². The van der Waals surface area contributed by atoms with Crippen LogP contribution in [-0.2, 0) is 4.79 Å². The zero-order valence-electron chi connectivity index (χ0n) is 10.8. The summed E-state index contributed by atoms with van der Waals surface area (Å²) in [6.07, 6.45) is 0. The largest absolute Gasteiger partial charge is 0.369 e. The molecule has 0 saturated carbocycles. The van der Waals surface area contributed by atoms with Crippen LogP contribution >= 0.6 is 0 Å². The molecule has 0 unspecified atom stereocenters. The third-order valence-electron chi connectivity index (χ3n) is 3.29. The number of carbonyl (C=O) groups is 1. The van der Waals surface area contributed by atoms with Crippen LogP contribution in [0, 0.1) is 18.6 Å². The fourth-order valence-corrected chi connectivity index (χ4v) is 2.45. The van der Waals surface area contributed by atoms with E-state index in [1.807, 2.05) is 9.80 Å². The van der Waals surface area contributed by atoms with Gasteiger partial charge in [0.2, 0.25) is 5.91 Å². The van der Waals surface area contributed by atoms with Gasteiger partial charge in [-0.25, -0.2) is 8.78 Å². The Morgan fingerprint density at radius 2 is 1.89 bits per heavy atom. The van der Waals surface area contributed by atoms with Gasteiger partial charge < -0.3 is 10.6 Å². The van der Waals surface area contributed by atoms with Gasteiger partial charge in [0.25, 0.3) is 0 Å². The first-order valence-electron chi connectivity index (χ1n) is 6.18. The Hall–Kier alpha value is -1.69. The number of rotatable bonds is 3. The van der Waals surface area contributed by atoms with E-state index < -0.39 is 11.6 Å². The summed E-state index contributed by atoms with van der Waals surface area (Å²) in [7, 11) is 0. The zero-order chi connectivity index (χ0) is 14.0. The van der Waals surface area contributed by atoms with E-state index >= 15 is 0 Å². The van der Waals surface area contributed by atoms with Gasteiger partial charge in [-0.1, -0.05) is 0 Å². The lowest BCUT2D eigenvalue weighted by Gasteiger charge is -2.36. The van der Waals surface area contributed by atoms with Crippen LogP contribution in [-0.4, -0.2) is 43.5 Å². The molecular weight excluding hydrogens is 252 g/mol. The first-order valence-corrected chi connectivity index (χ1v) is 6.18. The van der Waals surface area contributed by atoms with Crippen LogP contribution in [0.25, 0.3) is 0 Å². The average Bonchev–Trinajstić information content (AvgIpc) is 2.29. The summed E-state index contributed by atoms with van der Waals surface area (Å²) in [6.45, 7) is 4.38. The summed E-state index contributed by atoms with van der Waals surface area (Å²) in [5.41, 5.74) is 6.17. The van der Waals surface area contributed by atoms with Gasteiger partial charge in [0.1, 0.15) is 11.6 Å². The van der Waals surface area contributed by atoms with Crippen molar-refractivity contribution >= 4 is 11.6 Å². The van der Waals surface area contributed by atoms with E-state index in [4.69, 9.17) is 5.73 Å². The molecule has 2 rings (SSSR count). The molecule has 0 spiro atoms. The minimum Gasteiger partial charge on any atom is -0.369 e. The highest BCUT2D eigenvalue weighted by Crippen LogP contribution is 2.26. The number of primary amides is 1. The van der Waals surface area contributed by atoms with E-state index in [-0.39, 0.29) is 12.5 Å². The molecule has 0 aliphatic carbocycles. The second-order valence-electron chi connectivity index (χ2n) is 4.78. The van der Waals surface area contributed by atoms with E-state index in [2.05, 4.69) is 0 Å². The summed E-state index contributed by atoms with van der Waals surface area (Å²) < 4.78 is 26.9. The first-order chi connectivity index (χ1) is 8.97. The molecule has 0 aromatic heterocycles. The molecule has 0 bridgehead atoms. The Bertz CT molecular complexity index is 462. The van der Waals surface area contributed by atoms with E-state index in [0.717, 1.165) is 6.07 Å². The number of anilines is 1. The van der Waals surface area contributed by atoms with Crippen molar-refractivity contribution < 1.29 is 13.6 Å². The summed E-state index contributed by atoms with van der Waals surface area (Å²) >= 11 is 0. The highest BCUT2D eigenvalue weighted by molar-refractivity contribution is 5.76. The fraction of sp³-hybridized carbons (Fsp3) is 0.462. The smallest absolute Gasteiger partial charge is 0.231 e.